The molecule has 0 fully saturated rings. The molecule has 0 aliphatic carbocycles. The second kappa shape index (κ2) is 10.1. The molecule has 4 heterocycles. The molecular formula is C24H28N6OS. The number of aldehydes is 1. The molecule has 3 aromatic heterocycles. The minimum absolute atomic E-state index is 0.724. The van der Waals surface area contributed by atoms with E-state index in [-0.39, 0.29) is 0 Å². The van der Waals surface area contributed by atoms with Crippen LogP contribution in [0.25, 0.3) is 10.9 Å². The summed E-state index contributed by atoms with van der Waals surface area (Å²) >= 11 is 1.72. The van der Waals surface area contributed by atoms with Gasteiger partial charge in [-0.25, -0.2) is 9.29 Å². The predicted molar refractivity (Wildman–Crippen MR) is 129 cm³/mol. The molecule has 5 rings (SSSR count). The zero-order chi connectivity index (χ0) is 22.5. The van der Waals surface area contributed by atoms with Crippen molar-refractivity contribution in [1.82, 2.24) is 28.7 Å². The van der Waals surface area contributed by atoms with E-state index in [0.29, 0.717) is 0 Å². The molecule has 0 spiro atoms. The van der Waals surface area contributed by atoms with Crippen molar-refractivity contribution in [3.05, 3.63) is 77.8 Å². The standard InChI is InChI=1S/C13H16N4OS.C11H12N2/c1-10-13(5-11(8-18)15(10)2)19-17-4-3-16-9-14-6-12(16)7-17;1-12-8-10-5-2-4-9-6-3-7-13-11(9)10/h5-6,8-9H,3-4,7H2,1-2H3;2-7,12H,8H2,1H3. The molecular weight excluding hydrogens is 420 g/mol. The molecule has 7 nitrogen and oxygen atoms in total. The van der Waals surface area contributed by atoms with Crippen molar-refractivity contribution in [1.29, 1.82) is 0 Å². The number of nitrogens with zero attached hydrogens (tertiary/aromatic N) is 5. The van der Waals surface area contributed by atoms with Gasteiger partial charge in [-0.3, -0.25) is 9.78 Å². The van der Waals surface area contributed by atoms with E-state index < -0.39 is 0 Å². The van der Waals surface area contributed by atoms with E-state index in [2.05, 4.69) is 48.4 Å². The molecule has 1 N–H and O–H groups in total. The summed E-state index contributed by atoms with van der Waals surface area (Å²) < 4.78 is 6.43. The number of rotatable bonds is 5. The Morgan fingerprint density at radius 2 is 2.06 bits per heavy atom. The summed E-state index contributed by atoms with van der Waals surface area (Å²) in [6.45, 7) is 5.75. The maximum Gasteiger partial charge on any atom is 0.166 e. The normalized spacial score (nSPS) is 13.5. The van der Waals surface area contributed by atoms with Gasteiger partial charge in [0.05, 0.1) is 29.8 Å². The van der Waals surface area contributed by atoms with Gasteiger partial charge in [-0.05, 0) is 43.6 Å². The van der Waals surface area contributed by atoms with Crippen LogP contribution in [-0.2, 0) is 26.7 Å². The number of nitrogens with one attached hydrogen (secondary N) is 1. The lowest BCUT2D eigenvalue weighted by Gasteiger charge is -2.26. The number of carbonyl (C=O) groups excluding carboxylic acids is 1. The van der Waals surface area contributed by atoms with Crippen LogP contribution in [0.2, 0.25) is 0 Å². The van der Waals surface area contributed by atoms with Crippen molar-refractivity contribution in [3.63, 3.8) is 0 Å². The van der Waals surface area contributed by atoms with Crippen LogP contribution in [0.1, 0.15) is 27.4 Å². The molecule has 8 heteroatoms. The Labute approximate surface area is 192 Å². The Bertz CT molecular complexity index is 1210. The van der Waals surface area contributed by atoms with Gasteiger partial charge in [0.2, 0.25) is 0 Å². The van der Waals surface area contributed by atoms with Gasteiger partial charge < -0.3 is 14.5 Å². The molecule has 0 bridgehead atoms. The first-order chi connectivity index (χ1) is 15.6. The van der Waals surface area contributed by atoms with Crippen LogP contribution >= 0.6 is 11.9 Å². The van der Waals surface area contributed by atoms with Crippen molar-refractivity contribution in [3.8, 4) is 0 Å². The maximum atomic E-state index is 11.0. The summed E-state index contributed by atoms with van der Waals surface area (Å²) in [6, 6.07) is 12.3. The topological polar surface area (TPSA) is 68.0 Å². The second-order valence-corrected chi connectivity index (χ2v) is 8.89. The van der Waals surface area contributed by atoms with Crippen LogP contribution < -0.4 is 5.32 Å². The molecule has 1 aliphatic rings. The first kappa shape index (κ1) is 22.3. The molecule has 0 radical (unpaired) electrons. The number of hydrogen-bond acceptors (Lipinski definition) is 6. The van der Waals surface area contributed by atoms with Crippen molar-refractivity contribution < 1.29 is 4.79 Å². The van der Waals surface area contributed by atoms with Crippen LogP contribution in [-0.4, -0.2) is 43.3 Å². The largest absolute Gasteiger partial charge is 0.345 e. The van der Waals surface area contributed by atoms with E-state index in [1.807, 2.05) is 56.4 Å². The third kappa shape index (κ3) is 4.77. The molecule has 0 amide bonds. The summed E-state index contributed by atoms with van der Waals surface area (Å²) in [7, 11) is 3.87. The van der Waals surface area contributed by atoms with Gasteiger partial charge in [-0.1, -0.05) is 24.3 Å². The van der Waals surface area contributed by atoms with E-state index in [0.717, 1.165) is 54.3 Å². The van der Waals surface area contributed by atoms with Gasteiger partial charge in [0, 0.05) is 55.1 Å². The Balaban J connectivity index is 0.000000165. The SMILES string of the molecule is CNCc1cccc2cccnc12.Cc1c(SN2CCn3cncc3C2)cc(C=O)n1C. The van der Waals surface area contributed by atoms with Gasteiger partial charge >= 0.3 is 0 Å². The fourth-order valence-electron chi connectivity index (χ4n) is 3.78. The number of benzene rings is 1. The Morgan fingerprint density at radius 3 is 2.84 bits per heavy atom. The van der Waals surface area contributed by atoms with Crippen LogP contribution in [0.4, 0.5) is 0 Å². The van der Waals surface area contributed by atoms with Gasteiger partial charge in [-0.15, -0.1) is 0 Å². The zero-order valence-corrected chi connectivity index (χ0v) is 19.5. The number of para-hydroxylation sites is 1. The molecule has 0 saturated carbocycles. The molecule has 0 unspecified atom stereocenters. The lowest BCUT2D eigenvalue weighted by atomic mass is 10.1. The monoisotopic (exact) mass is 448 g/mol. The van der Waals surface area contributed by atoms with Gasteiger partial charge in [0.15, 0.2) is 6.29 Å². The first-order valence-corrected chi connectivity index (χ1v) is 11.4. The smallest absolute Gasteiger partial charge is 0.166 e. The molecule has 1 aromatic carbocycles. The molecule has 166 valence electrons. The number of imidazole rings is 1. The summed E-state index contributed by atoms with van der Waals surface area (Å²) in [5.41, 5.74) is 5.44. The molecule has 0 saturated heterocycles. The number of hydrogen-bond donors (Lipinski definition) is 1. The van der Waals surface area contributed by atoms with E-state index >= 15 is 0 Å². The zero-order valence-electron chi connectivity index (χ0n) is 18.7. The van der Waals surface area contributed by atoms with E-state index in [1.165, 1.54) is 16.6 Å². The Morgan fingerprint density at radius 1 is 1.22 bits per heavy atom. The third-order valence-electron chi connectivity index (χ3n) is 5.68. The minimum atomic E-state index is 0.724. The van der Waals surface area contributed by atoms with Crippen molar-refractivity contribution in [2.75, 3.05) is 13.6 Å². The number of carbonyl (C=O) groups is 1. The maximum absolute atomic E-state index is 11.0. The molecule has 4 aromatic rings. The Hall–Kier alpha value is -2.94. The van der Waals surface area contributed by atoms with Crippen molar-refractivity contribution in [2.45, 2.75) is 31.5 Å². The minimum Gasteiger partial charge on any atom is -0.345 e. The first-order valence-electron chi connectivity index (χ1n) is 10.6. The van der Waals surface area contributed by atoms with Crippen LogP contribution in [0.5, 0.6) is 0 Å². The summed E-state index contributed by atoms with van der Waals surface area (Å²) in [4.78, 5) is 20.6. The number of aromatic nitrogens is 4. The lowest BCUT2D eigenvalue weighted by Crippen LogP contribution is -2.27. The van der Waals surface area contributed by atoms with E-state index in [4.69, 9.17) is 0 Å². The average Bonchev–Trinajstić information content (AvgIpc) is 3.39. The number of fused-ring (bicyclic) bond motifs is 2. The van der Waals surface area contributed by atoms with E-state index in [1.54, 1.807) is 11.9 Å². The van der Waals surface area contributed by atoms with Crippen LogP contribution in [0, 0.1) is 6.92 Å². The van der Waals surface area contributed by atoms with Crippen LogP contribution in [0.3, 0.4) is 0 Å². The van der Waals surface area contributed by atoms with Gasteiger partial charge in [0.1, 0.15) is 0 Å². The lowest BCUT2D eigenvalue weighted by molar-refractivity contribution is 0.111. The average molecular weight is 449 g/mol. The highest BCUT2D eigenvalue weighted by Crippen LogP contribution is 2.30. The predicted octanol–water partition coefficient (Wildman–Crippen LogP) is 3.82. The fourth-order valence-corrected chi connectivity index (χ4v) is 4.87. The number of pyridine rings is 1. The Kier molecular flexibility index (Phi) is 7.04. The van der Waals surface area contributed by atoms with Crippen molar-refractivity contribution in [2.24, 2.45) is 7.05 Å². The summed E-state index contributed by atoms with van der Waals surface area (Å²) in [5, 5.41) is 4.34. The van der Waals surface area contributed by atoms with Crippen LogP contribution in [0.15, 0.2) is 60.0 Å². The fraction of sp³-hybridized carbons (Fsp3) is 0.292. The highest BCUT2D eigenvalue weighted by molar-refractivity contribution is 7.97. The van der Waals surface area contributed by atoms with Crippen molar-refractivity contribution >= 4 is 29.1 Å². The third-order valence-corrected chi connectivity index (χ3v) is 6.86. The molecule has 32 heavy (non-hydrogen) atoms. The van der Waals surface area contributed by atoms with E-state index in [9.17, 15) is 4.79 Å². The summed E-state index contributed by atoms with van der Waals surface area (Å²) in [5.74, 6) is 0. The highest BCUT2D eigenvalue weighted by atomic mass is 32.2. The van der Waals surface area contributed by atoms with Gasteiger partial charge in [-0.2, -0.15) is 0 Å². The second-order valence-electron chi connectivity index (χ2n) is 7.75. The quantitative estimate of drug-likeness (QED) is 0.370. The molecule has 0 atom stereocenters. The highest BCUT2D eigenvalue weighted by Gasteiger charge is 2.19. The van der Waals surface area contributed by atoms with Gasteiger partial charge in [0.25, 0.3) is 0 Å². The summed E-state index contributed by atoms with van der Waals surface area (Å²) in [6.07, 6.45) is 6.54. The molecule has 1 aliphatic heterocycles.